The van der Waals surface area contributed by atoms with Gasteiger partial charge in [-0.2, -0.15) is 0 Å². The van der Waals surface area contributed by atoms with Crippen LogP contribution in [0.4, 0.5) is 11.4 Å². The van der Waals surface area contributed by atoms with Crippen molar-refractivity contribution >= 4 is 56.4 Å². The lowest BCUT2D eigenvalue weighted by atomic mass is 9.88. The van der Waals surface area contributed by atoms with Crippen LogP contribution in [0.15, 0.2) is 60.9 Å². The van der Waals surface area contributed by atoms with E-state index in [1.807, 2.05) is 48.8 Å². The van der Waals surface area contributed by atoms with Gasteiger partial charge in [0, 0.05) is 45.3 Å². The fraction of sp³-hybridized carbons (Fsp3) is 0.250. The average molecular weight is 437 g/mol. The molecule has 1 saturated carbocycles. The molecule has 30 heavy (non-hydrogen) atoms. The molecule has 2 unspecified atom stereocenters. The number of hydrogen-bond donors (Lipinski definition) is 1. The van der Waals surface area contributed by atoms with Gasteiger partial charge < -0.3 is 10.6 Å². The Morgan fingerprint density at radius 2 is 1.30 bits per heavy atom. The summed E-state index contributed by atoms with van der Waals surface area (Å²) in [6.07, 6.45) is 8.08. The van der Waals surface area contributed by atoms with Gasteiger partial charge in [0.2, 0.25) is 0 Å². The first-order valence-corrected chi connectivity index (χ1v) is 11.0. The summed E-state index contributed by atoms with van der Waals surface area (Å²) < 4.78 is 0. The average Bonchev–Trinajstić information content (AvgIpc) is 2.75. The van der Waals surface area contributed by atoms with Gasteiger partial charge in [-0.05, 0) is 61.4 Å². The summed E-state index contributed by atoms with van der Waals surface area (Å²) >= 11 is 12.5. The van der Waals surface area contributed by atoms with E-state index in [1.165, 1.54) is 12.8 Å². The van der Waals surface area contributed by atoms with Gasteiger partial charge in [0.05, 0.1) is 22.4 Å². The first-order valence-electron chi connectivity index (χ1n) is 10.3. The highest BCUT2D eigenvalue weighted by Gasteiger charge is 2.31. The molecule has 2 aromatic heterocycles. The Morgan fingerprint density at radius 3 is 1.83 bits per heavy atom. The summed E-state index contributed by atoms with van der Waals surface area (Å²) in [5, 5.41) is 3.46. The minimum atomic E-state index is 0.0878. The van der Waals surface area contributed by atoms with E-state index in [9.17, 15) is 0 Å². The molecule has 0 spiro atoms. The quantitative estimate of drug-likeness (QED) is 0.398. The van der Waals surface area contributed by atoms with Gasteiger partial charge in [-0.3, -0.25) is 9.97 Å². The van der Waals surface area contributed by atoms with Crippen LogP contribution in [0, 0.1) is 0 Å². The normalized spacial score (nSPS) is 19.3. The number of pyridine rings is 2. The van der Waals surface area contributed by atoms with Crippen LogP contribution in [0.5, 0.6) is 0 Å². The van der Waals surface area contributed by atoms with Gasteiger partial charge in [-0.1, -0.05) is 36.0 Å². The molecule has 0 radical (unpaired) electrons. The van der Waals surface area contributed by atoms with E-state index in [0.29, 0.717) is 10.0 Å². The largest absolute Gasteiger partial charge is 0.336 e. The van der Waals surface area contributed by atoms with E-state index in [4.69, 9.17) is 28.9 Å². The topological polar surface area (TPSA) is 55.0 Å². The van der Waals surface area contributed by atoms with Gasteiger partial charge in [0.25, 0.3) is 0 Å². The summed E-state index contributed by atoms with van der Waals surface area (Å²) in [5.74, 6) is 0. The number of aromatic nitrogens is 2. The van der Waals surface area contributed by atoms with Crippen molar-refractivity contribution in [2.24, 2.45) is 5.73 Å². The van der Waals surface area contributed by atoms with Crippen molar-refractivity contribution in [1.29, 1.82) is 0 Å². The first-order chi connectivity index (χ1) is 14.6. The monoisotopic (exact) mass is 436 g/mol. The van der Waals surface area contributed by atoms with Crippen molar-refractivity contribution in [3.8, 4) is 0 Å². The van der Waals surface area contributed by atoms with E-state index in [2.05, 4.69) is 27.0 Å². The maximum Gasteiger partial charge on any atom is 0.0737 e. The molecule has 2 aromatic carbocycles. The Balaban J connectivity index is 1.78. The molecule has 0 bridgehead atoms. The first kappa shape index (κ1) is 19.6. The summed E-state index contributed by atoms with van der Waals surface area (Å²) in [7, 11) is 0. The molecular weight excluding hydrogens is 415 g/mol. The van der Waals surface area contributed by atoms with Crippen LogP contribution in [-0.2, 0) is 0 Å². The maximum atomic E-state index is 6.68. The molecule has 0 amide bonds. The molecule has 0 saturated heterocycles. The molecule has 4 aromatic rings. The number of anilines is 2. The van der Waals surface area contributed by atoms with Crippen molar-refractivity contribution in [1.82, 2.24) is 9.97 Å². The highest BCUT2D eigenvalue weighted by atomic mass is 35.5. The Morgan fingerprint density at radius 1 is 0.767 bits per heavy atom. The highest BCUT2D eigenvalue weighted by Crippen LogP contribution is 2.40. The zero-order chi connectivity index (χ0) is 20.7. The number of halogens is 2. The van der Waals surface area contributed by atoms with E-state index < -0.39 is 0 Å². The second-order valence-corrected chi connectivity index (χ2v) is 8.74. The molecule has 0 aliphatic heterocycles. The van der Waals surface area contributed by atoms with Crippen molar-refractivity contribution in [2.45, 2.75) is 37.8 Å². The summed E-state index contributed by atoms with van der Waals surface area (Å²) in [6.45, 7) is 0. The smallest absolute Gasteiger partial charge is 0.0737 e. The molecule has 2 heterocycles. The lowest BCUT2D eigenvalue weighted by Crippen LogP contribution is -2.48. The number of benzene rings is 2. The van der Waals surface area contributed by atoms with E-state index in [0.717, 1.165) is 46.0 Å². The van der Waals surface area contributed by atoms with Crippen LogP contribution in [0.3, 0.4) is 0 Å². The number of rotatable bonds is 3. The van der Waals surface area contributed by atoms with Crippen molar-refractivity contribution in [2.75, 3.05) is 4.90 Å². The van der Waals surface area contributed by atoms with Gasteiger partial charge in [-0.15, -0.1) is 0 Å². The lowest BCUT2D eigenvalue weighted by Gasteiger charge is -2.40. The number of fused-ring (bicyclic) bond motifs is 2. The maximum absolute atomic E-state index is 6.68. The number of nitrogens with two attached hydrogens (primary N) is 1. The lowest BCUT2D eigenvalue weighted by molar-refractivity contribution is 0.381. The third-order valence-electron chi connectivity index (χ3n) is 6.00. The fourth-order valence-electron chi connectivity index (χ4n) is 4.58. The zero-order valence-corrected chi connectivity index (χ0v) is 17.9. The molecule has 2 atom stereocenters. The SMILES string of the molecule is NC1CCCCC1N(c1ccnc2cc(Cl)ccc12)c1ccnc2cc(Cl)ccc12. The van der Waals surface area contributed by atoms with E-state index in [-0.39, 0.29) is 12.1 Å². The van der Waals surface area contributed by atoms with Gasteiger partial charge in [-0.25, -0.2) is 0 Å². The Kier molecular flexibility index (Phi) is 5.23. The fourth-order valence-corrected chi connectivity index (χ4v) is 4.91. The van der Waals surface area contributed by atoms with Crippen molar-refractivity contribution in [3.63, 3.8) is 0 Å². The minimum Gasteiger partial charge on any atom is -0.336 e. The molecular formula is C24H22Cl2N4. The van der Waals surface area contributed by atoms with Gasteiger partial charge >= 0.3 is 0 Å². The number of nitrogens with zero attached hydrogens (tertiary/aromatic N) is 3. The summed E-state index contributed by atoms with van der Waals surface area (Å²) in [4.78, 5) is 11.5. The summed E-state index contributed by atoms with van der Waals surface area (Å²) in [6, 6.07) is 16.1. The van der Waals surface area contributed by atoms with Crippen molar-refractivity contribution in [3.05, 3.63) is 71.0 Å². The molecule has 6 heteroatoms. The van der Waals surface area contributed by atoms with Crippen LogP contribution >= 0.6 is 23.2 Å². The minimum absolute atomic E-state index is 0.0878. The molecule has 1 fully saturated rings. The van der Waals surface area contributed by atoms with Crippen LogP contribution < -0.4 is 10.6 Å². The number of hydrogen-bond acceptors (Lipinski definition) is 4. The molecule has 152 valence electrons. The standard InChI is InChI=1S/C24H22Cl2N4/c25-15-5-7-17-20(13-15)28-11-9-22(17)30(24-4-2-1-3-19(24)27)23-10-12-29-21-14-16(26)6-8-18(21)23/h5-14,19,24H,1-4,27H2. The van der Waals surface area contributed by atoms with Crippen molar-refractivity contribution < 1.29 is 0 Å². The Bertz CT molecular complexity index is 1140. The predicted molar refractivity (Wildman–Crippen MR) is 126 cm³/mol. The Labute approximate surface area is 185 Å². The Hall–Kier alpha value is -2.40. The summed E-state index contributed by atoms with van der Waals surface area (Å²) in [5.41, 5.74) is 10.6. The second-order valence-electron chi connectivity index (χ2n) is 7.87. The van der Waals surface area contributed by atoms with Crippen LogP contribution in [0.25, 0.3) is 21.8 Å². The van der Waals surface area contributed by atoms with Crippen LogP contribution in [-0.4, -0.2) is 22.1 Å². The second kappa shape index (κ2) is 8.03. The van der Waals surface area contributed by atoms with Gasteiger partial charge in [0.1, 0.15) is 0 Å². The molecule has 4 nitrogen and oxygen atoms in total. The zero-order valence-electron chi connectivity index (χ0n) is 16.4. The molecule has 1 aliphatic rings. The molecule has 5 rings (SSSR count). The van der Waals surface area contributed by atoms with Crippen LogP contribution in [0.1, 0.15) is 25.7 Å². The van der Waals surface area contributed by atoms with Crippen LogP contribution in [0.2, 0.25) is 10.0 Å². The van der Waals surface area contributed by atoms with E-state index >= 15 is 0 Å². The third-order valence-corrected chi connectivity index (χ3v) is 6.47. The predicted octanol–water partition coefficient (Wildman–Crippen LogP) is 6.50. The highest BCUT2D eigenvalue weighted by molar-refractivity contribution is 6.31. The third kappa shape index (κ3) is 3.49. The van der Waals surface area contributed by atoms with Gasteiger partial charge in [0.15, 0.2) is 0 Å². The molecule has 2 N–H and O–H groups in total. The van der Waals surface area contributed by atoms with E-state index in [1.54, 1.807) is 0 Å². The molecule has 1 aliphatic carbocycles.